The summed E-state index contributed by atoms with van der Waals surface area (Å²) >= 11 is 0. The fourth-order valence-electron chi connectivity index (χ4n) is 5.92. The lowest BCUT2D eigenvalue weighted by Gasteiger charge is -2.58. The number of fused-ring (bicyclic) bond motifs is 1. The molecule has 126 valence electrons. The summed E-state index contributed by atoms with van der Waals surface area (Å²) < 4.78 is 0. The number of hydrazine groups is 1. The van der Waals surface area contributed by atoms with Gasteiger partial charge in [0.25, 0.3) is 0 Å². The molecular weight excluding hydrogens is 304 g/mol. The van der Waals surface area contributed by atoms with Gasteiger partial charge < -0.3 is 4.98 Å². The summed E-state index contributed by atoms with van der Waals surface area (Å²) in [5, 5.41) is 0. The second-order valence-electron chi connectivity index (χ2n) is 8.24. The first-order chi connectivity index (χ1) is 11.6. The smallest absolute Gasteiger partial charge is 0.242 e. The third-order valence-electron chi connectivity index (χ3n) is 6.41. The van der Waals surface area contributed by atoms with Gasteiger partial charge in [-0.05, 0) is 55.3 Å². The van der Waals surface area contributed by atoms with Crippen molar-refractivity contribution in [3.05, 3.63) is 12.7 Å². The Hall–Kier alpha value is -2.18. The van der Waals surface area contributed by atoms with Crippen LogP contribution in [0.2, 0.25) is 0 Å². The summed E-state index contributed by atoms with van der Waals surface area (Å²) in [6, 6.07) is 0. The van der Waals surface area contributed by atoms with E-state index in [1.165, 1.54) is 38.4 Å². The van der Waals surface area contributed by atoms with Crippen LogP contribution in [0.1, 0.15) is 39.0 Å². The minimum Gasteiger partial charge on any atom is -0.340 e. The second-order valence-corrected chi connectivity index (χ2v) is 8.24. The minimum atomic E-state index is 0.110. The minimum absolute atomic E-state index is 0.110. The van der Waals surface area contributed by atoms with Gasteiger partial charge in [-0.2, -0.15) is 0 Å². The Morgan fingerprint density at radius 1 is 1.21 bits per heavy atom. The quantitative estimate of drug-likeness (QED) is 0.752. The number of hydrogen-bond donors (Lipinski definition) is 3. The molecule has 4 aliphatic rings. The molecule has 2 aromatic rings. The number of nitrogens with zero attached hydrogens (tertiary/aromatic N) is 3. The topological polar surface area (TPSA) is 95.6 Å². The maximum absolute atomic E-state index is 12.8. The molecule has 2 atom stereocenters. The van der Waals surface area contributed by atoms with Gasteiger partial charge in [-0.25, -0.2) is 15.0 Å². The van der Waals surface area contributed by atoms with Crippen LogP contribution in [0, 0.1) is 29.1 Å². The van der Waals surface area contributed by atoms with Gasteiger partial charge in [0.2, 0.25) is 5.91 Å². The number of carbonyl (C=O) groups excluding carboxylic acids is 1. The molecule has 4 saturated carbocycles. The van der Waals surface area contributed by atoms with Crippen LogP contribution in [-0.2, 0) is 4.79 Å². The Kier molecular flexibility index (Phi) is 2.90. The molecule has 4 bridgehead atoms. The van der Waals surface area contributed by atoms with Crippen LogP contribution in [0.3, 0.4) is 0 Å². The molecule has 7 nitrogen and oxygen atoms in total. The number of amides is 1. The Bertz CT molecular complexity index is 785. The molecule has 0 radical (unpaired) electrons. The van der Waals surface area contributed by atoms with Gasteiger partial charge in [0, 0.05) is 5.92 Å². The van der Waals surface area contributed by atoms with Gasteiger partial charge in [-0.3, -0.25) is 15.6 Å². The molecular formula is C17H22N6O. The summed E-state index contributed by atoms with van der Waals surface area (Å²) in [4.78, 5) is 28.2. The molecule has 3 N–H and O–H groups in total. The Morgan fingerprint density at radius 3 is 2.75 bits per heavy atom. The van der Waals surface area contributed by atoms with Crippen LogP contribution in [0.25, 0.3) is 11.2 Å². The van der Waals surface area contributed by atoms with E-state index in [-0.39, 0.29) is 11.8 Å². The number of hydrogen-bond acceptors (Lipinski definition) is 5. The molecule has 1 amide bonds. The van der Waals surface area contributed by atoms with Crippen LogP contribution >= 0.6 is 0 Å². The number of rotatable bonds is 3. The van der Waals surface area contributed by atoms with Gasteiger partial charge in [-0.1, -0.05) is 6.92 Å². The lowest BCUT2D eigenvalue weighted by molar-refractivity contribution is -0.144. The second kappa shape index (κ2) is 4.91. The van der Waals surface area contributed by atoms with E-state index in [9.17, 15) is 4.79 Å². The number of aromatic amines is 1. The average molecular weight is 326 g/mol. The molecule has 2 unspecified atom stereocenters. The summed E-state index contributed by atoms with van der Waals surface area (Å²) in [5.74, 6) is 2.73. The Labute approximate surface area is 140 Å². The zero-order chi connectivity index (χ0) is 16.3. The van der Waals surface area contributed by atoms with Gasteiger partial charge >= 0.3 is 0 Å². The van der Waals surface area contributed by atoms with Crippen molar-refractivity contribution in [2.75, 3.05) is 5.43 Å². The largest absolute Gasteiger partial charge is 0.340 e. The lowest BCUT2D eigenvalue weighted by atomic mass is 9.46. The highest BCUT2D eigenvalue weighted by atomic mass is 16.2. The predicted octanol–water partition coefficient (Wildman–Crippen LogP) is 2.26. The summed E-state index contributed by atoms with van der Waals surface area (Å²) in [6.07, 6.45) is 9.25. The average Bonchev–Trinajstić information content (AvgIpc) is 3.00. The summed E-state index contributed by atoms with van der Waals surface area (Å²) in [7, 11) is 0. The van der Waals surface area contributed by atoms with Gasteiger partial charge in [-0.15, -0.1) is 0 Å². The lowest BCUT2D eigenvalue weighted by Crippen LogP contribution is -2.54. The molecule has 0 saturated heterocycles. The molecule has 24 heavy (non-hydrogen) atoms. The zero-order valence-electron chi connectivity index (χ0n) is 13.7. The van der Waals surface area contributed by atoms with Crippen molar-refractivity contribution in [1.29, 1.82) is 0 Å². The van der Waals surface area contributed by atoms with E-state index in [0.29, 0.717) is 34.2 Å². The molecule has 4 fully saturated rings. The highest BCUT2D eigenvalue weighted by Crippen LogP contribution is 2.61. The molecule has 0 spiro atoms. The standard InChI is InChI=1S/C17H22N6O/c1-17-4-9-2-10(5-17)12(11(3-9)6-17)16(24)23-22-15-13-14(19-7-18-13)20-8-21-15/h7-12H,2-6H2,1H3,(H,23,24)(H2,18,19,20,21,22). The third-order valence-corrected chi connectivity index (χ3v) is 6.41. The number of carbonyl (C=O) groups is 1. The Balaban J connectivity index is 1.32. The predicted molar refractivity (Wildman–Crippen MR) is 88.6 cm³/mol. The first-order valence-corrected chi connectivity index (χ1v) is 8.81. The molecule has 0 aromatic carbocycles. The molecule has 6 rings (SSSR count). The van der Waals surface area contributed by atoms with Gasteiger partial charge in [0.05, 0.1) is 6.33 Å². The van der Waals surface area contributed by atoms with Crippen LogP contribution < -0.4 is 10.9 Å². The first kappa shape index (κ1) is 14.2. The first-order valence-electron chi connectivity index (χ1n) is 8.81. The molecule has 4 aliphatic carbocycles. The fraction of sp³-hybridized carbons (Fsp3) is 0.647. The Morgan fingerprint density at radius 2 is 2.00 bits per heavy atom. The van der Waals surface area contributed by atoms with Crippen molar-refractivity contribution in [2.24, 2.45) is 29.1 Å². The number of H-pyrrole nitrogens is 1. The van der Waals surface area contributed by atoms with Crippen molar-refractivity contribution in [3.8, 4) is 0 Å². The van der Waals surface area contributed by atoms with Gasteiger partial charge in [0.1, 0.15) is 11.8 Å². The molecule has 2 aromatic heterocycles. The van der Waals surface area contributed by atoms with Crippen molar-refractivity contribution in [2.45, 2.75) is 39.0 Å². The van der Waals surface area contributed by atoms with Crippen molar-refractivity contribution in [3.63, 3.8) is 0 Å². The van der Waals surface area contributed by atoms with Gasteiger partial charge in [0.15, 0.2) is 11.5 Å². The maximum Gasteiger partial charge on any atom is 0.242 e. The number of imidazole rings is 1. The fourth-order valence-corrected chi connectivity index (χ4v) is 5.92. The highest BCUT2D eigenvalue weighted by molar-refractivity contribution is 5.85. The van der Waals surface area contributed by atoms with Crippen molar-refractivity contribution < 1.29 is 4.79 Å². The number of nitrogens with one attached hydrogen (secondary N) is 3. The molecule has 0 aliphatic heterocycles. The van der Waals surface area contributed by atoms with E-state index in [0.717, 1.165) is 5.92 Å². The van der Waals surface area contributed by atoms with Crippen LogP contribution in [-0.4, -0.2) is 25.8 Å². The normalized spacial score (nSPS) is 36.9. The van der Waals surface area contributed by atoms with E-state index in [1.54, 1.807) is 6.33 Å². The van der Waals surface area contributed by atoms with E-state index in [2.05, 4.69) is 37.7 Å². The maximum atomic E-state index is 12.8. The highest BCUT2D eigenvalue weighted by Gasteiger charge is 2.55. The van der Waals surface area contributed by atoms with E-state index >= 15 is 0 Å². The van der Waals surface area contributed by atoms with Crippen molar-refractivity contribution in [1.82, 2.24) is 25.4 Å². The van der Waals surface area contributed by atoms with E-state index in [1.807, 2.05) is 0 Å². The van der Waals surface area contributed by atoms with Crippen LogP contribution in [0.5, 0.6) is 0 Å². The monoisotopic (exact) mass is 326 g/mol. The van der Waals surface area contributed by atoms with Crippen molar-refractivity contribution >= 4 is 22.9 Å². The number of anilines is 1. The zero-order valence-corrected chi connectivity index (χ0v) is 13.7. The molecule has 7 heteroatoms. The van der Waals surface area contributed by atoms with Crippen LogP contribution in [0.15, 0.2) is 12.7 Å². The summed E-state index contributed by atoms with van der Waals surface area (Å²) in [5.41, 5.74) is 7.64. The van der Waals surface area contributed by atoms with E-state index in [4.69, 9.17) is 0 Å². The van der Waals surface area contributed by atoms with Crippen LogP contribution in [0.4, 0.5) is 5.82 Å². The van der Waals surface area contributed by atoms with E-state index < -0.39 is 0 Å². The SMILES string of the molecule is CC12CC3CC(C1)C(C(=O)NNc1ncnc4nc[nH]c14)C(C3)C2. The third kappa shape index (κ3) is 2.10. The molecule has 2 heterocycles. The summed E-state index contributed by atoms with van der Waals surface area (Å²) in [6.45, 7) is 2.42. The number of aromatic nitrogens is 4.